The van der Waals surface area contributed by atoms with Crippen LogP contribution in [0.1, 0.15) is 36.0 Å². The molecular formula is C26H23FN4S. The Morgan fingerprint density at radius 2 is 1.69 bits per heavy atom. The number of hydrogen-bond donors (Lipinski definition) is 1. The van der Waals surface area contributed by atoms with Crippen molar-refractivity contribution in [2.75, 3.05) is 4.90 Å². The van der Waals surface area contributed by atoms with E-state index in [9.17, 15) is 4.39 Å². The summed E-state index contributed by atoms with van der Waals surface area (Å²) < 4.78 is 15.6. The lowest BCUT2D eigenvalue weighted by Gasteiger charge is -2.29. The molecule has 4 aromatic rings. The fourth-order valence-electron chi connectivity index (χ4n) is 4.30. The Hall–Kier alpha value is -3.51. The van der Waals surface area contributed by atoms with Crippen LogP contribution in [0, 0.1) is 5.82 Å². The van der Waals surface area contributed by atoms with Crippen molar-refractivity contribution in [3.63, 3.8) is 0 Å². The summed E-state index contributed by atoms with van der Waals surface area (Å²) in [7, 11) is 0. The fraction of sp³-hybridized carbons (Fsp3) is 0.154. The second kappa shape index (κ2) is 8.55. The lowest BCUT2D eigenvalue weighted by Crippen LogP contribution is -2.30. The number of thiocarbonyl (C=S) groups is 1. The van der Waals surface area contributed by atoms with Crippen LogP contribution < -0.4 is 10.2 Å². The average Bonchev–Trinajstić information content (AvgIpc) is 3.44. The molecule has 0 radical (unpaired) electrons. The topological polar surface area (TPSA) is 33.1 Å². The zero-order valence-electron chi connectivity index (χ0n) is 17.6. The summed E-state index contributed by atoms with van der Waals surface area (Å²) >= 11 is 5.82. The van der Waals surface area contributed by atoms with Gasteiger partial charge in [-0.2, -0.15) is 0 Å². The normalized spacial score (nSPS) is 18.1. The number of pyridine rings is 1. The van der Waals surface area contributed by atoms with Crippen molar-refractivity contribution in [1.29, 1.82) is 0 Å². The van der Waals surface area contributed by atoms with Gasteiger partial charge in [0, 0.05) is 29.5 Å². The Morgan fingerprint density at radius 3 is 2.38 bits per heavy atom. The molecule has 2 aromatic heterocycles. The van der Waals surface area contributed by atoms with Crippen LogP contribution in [0.2, 0.25) is 0 Å². The van der Waals surface area contributed by atoms with Crippen LogP contribution in [0.15, 0.2) is 91.3 Å². The summed E-state index contributed by atoms with van der Waals surface area (Å²) in [6.45, 7) is 2.15. The van der Waals surface area contributed by atoms with Crippen molar-refractivity contribution >= 4 is 23.0 Å². The van der Waals surface area contributed by atoms with E-state index in [4.69, 9.17) is 12.2 Å². The van der Waals surface area contributed by atoms with E-state index in [0.29, 0.717) is 5.11 Å². The van der Waals surface area contributed by atoms with E-state index in [1.165, 1.54) is 17.7 Å². The van der Waals surface area contributed by atoms with E-state index in [1.54, 1.807) is 18.3 Å². The van der Waals surface area contributed by atoms with E-state index in [-0.39, 0.29) is 17.9 Å². The highest BCUT2D eigenvalue weighted by Gasteiger charge is 2.42. The van der Waals surface area contributed by atoms with Gasteiger partial charge in [-0.15, -0.1) is 0 Å². The molecule has 0 spiro atoms. The summed E-state index contributed by atoms with van der Waals surface area (Å²) in [6, 6.07) is 24.8. The number of benzene rings is 2. The molecule has 5 rings (SSSR count). The molecule has 1 aliphatic heterocycles. The highest BCUT2D eigenvalue weighted by Crippen LogP contribution is 2.42. The van der Waals surface area contributed by atoms with Crippen molar-refractivity contribution in [3.8, 4) is 5.69 Å². The molecule has 1 N–H and O–H groups in total. The number of anilines is 1. The van der Waals surface area contributed by atoms with Crippen molar-refractivity contribution in [2.24, 2.45) is 0 Å². The van der Waals surface area contributed by atoms with E-state index in [2.05, 4.69) is 57.0 Å². The van der Waals surface area contributed by atoms with Crippen molar-refractivity contribution in [1.82, 2.24) is 14.9 Å². The standard InChI is InChI=1S/C26H23FN4S/c1-2-18-8-12-21(13-9-18)31-25(24(29-26(31)32)22-6-3-4-16-28-22)23-7-5-17-30(23)20-14-10-19(27)11-15-20/h3-17,24-25H,2H2,1H3,(H,29,32)/t24-,25+/m0/s1. The maximum absolute atomic E-state index is 13.6. The molecule has 0 saturated carbocycles. The van der Waals surface area contributed by atoms with Gasteiger partial charge in [0.15, 0.2) is 5.11 Å². The molecule has 0 aliphatic carbocycles. The zero-order valence-corrected chi connectivity index (χ0v) is 18.5. The highest BCUT2D eigenvalue weighted by molar-refractivity contribution is 7.80. The van der Waals surface area contributed by atoms with Crippen molar-refractivity contribution in [3.05, 3.63) is 114 Å². The van der Waals surface area contributed by atoms with E-state index in [1.807, 2.05) is 30.5 Å². The maximum atomic E-state index is 13.6. The van der Waals surface area contributed by atoms with Crippen LogP contribution in [-0.2, 0) is 6.42 Å². The van der Waals surface area contributed by atoms with Crippen LogP contribution in [-0.4, -0.2) is 14.7 Å². The number of nitrogens with zero attached hydrogens (tertiary/aromatic N) is 3. The fourth-order valence-corrected chi connectivity index (χ4v) is 4.64. The van der Waals surface area contributed by atoms with Gasteiger partial charge >= 0.3 is 0 Å². The molecule has 2 aromatic carbocycles. The minimum absolute atomic E-state index is 0.134. The minimum Gasteiger partial charge on any atom is -0.351 e. The Morgan fingerprint density at radius 1 is 0.938 bits per heavy atom. The SMILES string of the molecule is CCc1ccc(N2C(=S)N[C@@H](c3ccccn3)[C@H]2c2cccn2-c2ccc(F)cc2)cc1. The second-order valence-electron chi connectivity index (χ2n) is 7.80. The quantitative estimate of drug-likeness (QED) is 0.399. The molecule has 3 heterocycles. The maximum Gasteiger partial charge on any atom is 0.174 e. The lowest BCUT2D eigenvalue weighted by molar-refractivity contribution is 0.549. The predicted octanol–water partition coefficient (Wildman–Crippen LogP) is 5.75. The highest BCUT2D eigenvalue weighted by atomic mass is 32.1. The monoisotopic (exact) mass is 442 g/mol. The van der Waals surface area contributed by atoms with E-state index in [0.717, 1.165) is 29.2 Å². The Bertz CT molecular complexity index is 1220. The van der Waals surface area contributed by atoms with Gasteiger partial charge in [-0.3, -0.25) is 4.98 Å². The third-order valence-electron chi connectivity index (χ3n) is 5.91. The number of hydrogen-bond acceptors (Lipinski definition) is 2. The molecule has 0 bridgehead atoms. The van der Waals surface area contributed by atoms with Gasteiger partial charge in [-0.1, -0.05) is 25.1 Å². The van der Waals surface area contributed by atoms with Gasteiger partial charge in [-0.05, 0) is 84.9 Å². The smallest absolute Gasteiger partial charge is 0.174 e. The first kappa shape index (κ1) is 20.4. The molecule has 4 nitrogen and oxygen atoms in total. The molecule has 32 heavy (non-hydrogen) atoms. The average molecular weight is 443 g/mol. The van der Waals surface area contributed by atoms with Gasteiger partial charge in [-0.25, -0.2) is 4.39 Å². The molecule has 160 valence electrons. The van der Waals surface area contributed by atoms with Gasteiger partial charge in [0.1, 0.15) is 11.9 Å². The molecule has 2 atom stereocenters. The molecule has 0 amide bonds. The largest absolute Gasteiger partial charge is 0.351 e. The molecular weight excluding hydrogens is 419 g/mol. The van der Waals surface area contributed by atoms with Crippen LogP contribution in [0.4, 0.5) is 10.1 Å². The van der Waals surface area contributed by atoms with Crippen LogP contribution in [0.25, 0.3) is 5.69 Å². The summed E-state index contributed by atoms with van der Waals surface area (Å²) in [5.41, 5.74) is 5.15. The Kier molecular flexibility index (Phi) is 5.45. The number of aryl methyl sites for hydroxylation is 1. The molecule has 1 fully saturated rings. The third kappa shape index (κ3) is 3.67. The lowest BCUT2D eigenvalue weighted by atomic mass is 10.0. The summed E-state index contributed by atoms with van der Waals surface area (Å²) in [6.07, 6.45) is 4.78. The van der Waals surface area contributed by atoms with Gasteiger partial charge < -0.3 is 14.8 Å². The van der Waals surface area contributed by atoms with E-state index < -0.39 is 0 Å². The number of rotatable bonds is 5. The number of aromatic nitrogens is 2. The van der Waals surface area contributed by atoms with Crippen molar-refractivity contribution in [2.45, 2.75) is 25.4 Å². The third-order valence-corrected chi connectivity index (χ3v) is 6.22. The van der Waals surface area contributed by atoms with E-state index >= 15 is 0 Å². The first-order valence-electron chi connectivity index (χ1n) is 10.7. The molecule has 0 unspecified atom stereocenters. The molecule has 6 heteroatoms. The number of nitrogens with one attached hydrogen (secondary N) is 1. The minimum atomic E-state index is -0.254. The second-order valence-corrected chi connectivity index (χ2v) is 8.18. The first-order valence-corrected chi connectivity index (χ1v) is 11.1. The van der Waals surface area contributed by atoms with Crippen LogP contribution in [0.3, 0.4) is 0 Å². The Labute approximate surface area is 192 Å². The molecule has 1 aliphatic rings. The zero-order chi connectivity index (χ0) is 22.1. The summed E-state index contributed by atoms with van der Waals surface area (Å²) in [4.78, 5) is 6.77. The van der Waals surface area contributed by atoms with Crippen LogP contribution >= 0.6 is 12.2 Å². The first-order chi connectivity index (χ1) is 15.7. The molecule has 1 saturated heterocycles. The van der Waals surface area contributed by atoms with Gasteiger partial charge in [0.25, 0.3) is 0 Å². The van der Waals surface area contributed by atoms with Gasteiger partial charge in [0.2, 0.25) is 0 Å². The van der Waals surface area contributed by atoms with Gasteiger partial charge in [0.05, 0.1) is 11.7 Å². The number of halogens is 1. The van der Waals surface area contributed by atoms with Crippen LogP contribution in [0.5, 0.6) is 0 Å². The summed E-state index contributed by atoms with van der Waals surface area (Å²) in [5, 5.41) is 4.15. The Balaban J connectivity index is 1.64. The summed E-state index contributed by atoms with van der Waals surface area (Å²) in [5.74, 6) is -0.254. The predicted molar refractivity (Wildman–Crippen MR) is 129 cm³/mol. The van der Waals surface area contributed by atoms with Crippen molar-refractivity contribution < 1.29 is 4.39 Å².